The number of imide groups is 1. The summed E-state index contributed by atoms with van der Waals surface area (Å²) in [6.07, 6.45) is 0.582. The van der Waals surface area contributed by atoms with Crippen LogP contribution in [0.5, 0.6) is 0 Å². The first-order chi connectivity index (χ1) is 9.41. The molecule has 1 aromatic rings. The van der Waals surface area contributed by atoms with Crippen molar-refractivity contribution in [1.29, 1.82) is 0 Å². The van der Waals surface area contributed by atoms with E-state index in [4.69, 9.17) is 5.73 Å². The number of amides is 3. The number of nitrogens with two attached hydrogens (primary N) is 1. The van der Waals surface area contributed by atoms with Crippen molar-refractivity contribution in [1.82, 2.24) is 10.2 Å². The topological polar surface area (TPSA) is 92.5 Å². The Hall–Kier alpha value is -2.37. The molecule has 6 heteroatoms. The summed E-state index contributed by atoms with van der Waals surface area (Å²) in [5.41, 5.74) is 7.41. The predicted octanol–water partition coefficient (Wildman–Crippen LogP) is 0.454. The molecule has 1 aliphatic rings. The van der Waals surface area contributed by atoms with E-state index in [1.165, 1.54) is 7.05 Å². The second-order valence-corrected chi connectivity index (χ2v) is 4.88. The van der Waals surface area contributed by atoms with Gasteiger partial charge in [0.1, 0.15) is 6.04 Å². The van der Waals surface area contributed by atoms with Gasteiger partial charge in [-0.05, 0) is 31.0 Å². The number of nitrogen functional groups attached to an aromatic ring is 1. The lowest BCUT2D eigenvalue weighted by atomic mass is 10.0. The molecular weight excluding hydrogens is 258 g/mol. The maximum absolute atomic E-state index is 12.2. The number of likely N-dealkylation sites (tertiary alicyclic amines) is 1. The minimum atomic E-state index is -0.661. The van der Waals surface area contributed by atoms with Gasteiger partial charge < -0.3 is 11.1 Å². The van der Waals surface area contributed by atoms with Crippen molar-refractivity contribution in [2.75, 3.05) is 12.8 Å². The van der Waals surface area contributed by atoms with Crippen LogP contribution in [0.3, 0.4) is 0 Å². The maximum Gasteiger partial charge on any atom is 0.252 e. The summed E-state index contributed by atoms with van der Waals surface area (Å²) < 4.78 is 0. The summed E-state index contributed by atoms with van der Waals surface area (Å²) in [5.74, 6) is -0.951. The summed E-state index contributed by atoms with van der Waals surface area (Å²) in [6.45, 7) is 1.75. The van der Waals surface area contributed by atoms with Crippen molar-refractivity contribution in [2.24, 2.45) is 0 Å². The van der Waals surface area contributed by atoms with Crippen molar-refractivity contribution < 1.29 is 14.4 Å². The van der Waals surface area contributed by atoms with E-state index in [0.29, 0.717) is 23.2 Å². The Bertz CT molecular complexity index is 583. The highest BCUT2D eigenvalue weighted by Gasteiger charge is 2.33. The Balaban J connectivity index is 2.14. The van der Waals surface area contributed by atoms with E-state index in [1.807, 2.05) is 0 Å². The lowest BCUT2D eigenvalue weighted by Gasteiger charge is -2.28. The molecule has 6 nitrogen and oxygen atoms in total. The number of benzene rings is 1. The fraction of sp³-hybridized carbons (Fsp3) is 0.357. The van der Waals surface area contributed by atoms with Gasteiger partial charge in [0, 0.05) is 24.7 Å². The molecule has 0 bridgehead atoms. The first kappa shape index (κ1) is 14.0. The minimum absolute atomic E-state index is 0.222. The van der Waals surface area contributed by atoms with Crippen molar-refractivity contribution in [2.45, 2.75) is 25.8 Å². The molecule has 1 aliphatic heterocycles. The van der Waals surface area contributed by atoms with Crippen LogP contribution in [0.15, 0.2) is 18.2 Å². The number of hydrogen-bond acceptors (Lipinski definition) is 4. The number of nitrogens with zero attached hydrogens (tertiary/aromatic N) is 1. The second-order valence-electron chi connectivity index (χ2n) is 4.88. The predicted molar refractivity (Wildman–Crippen MR) is 73.9 cm³/mol. The second kappa shape index (κ2) is 5.32. The summed E-state index contributed by atoms with van der Waals surface area (Å²) in [5, 5.41) is 2.67. The Kier molecular flexibility index (Phi) is 3.74. The first-order valence-corrected chi connectivity index (χ1v) is 6.38. The number of piperidine rings is 1. The lowest BCUT2D eigenvalue weighted by molar-refractivity contribution is -0.147. The van der Waals surface area contributed by atoms with Gasteiger partial charge >= 0.3 is 0 Å². The van der Waals surface area contributed by atoms with E-state index in [-0.39, 0.29) is 24.1 Å². The number of hydrogen-bond donors (Lipinski definition) is 2. The number of rotatable bonds is 2. The molecule has 3 amide bonds. The molecule has 1 atom stereocenters. The van der Waals surface area contributed by atoms with Crippen LogP contribution in [-0.4, -0.2) is 35.7 Å². The van der Waals surface area contributed by atoms with E-state index in [1.54, 1.807) is 25.1 Å². The highest BCUT2D eigenvalue weighted by Crippen LogP contribution is 2.17. The van der Waals surface area contributed by atoms with Crippen LogP contribution in [0.2, 0.25) is 0 Å². The van der Waals surface area contributed by atoms with Crippen molar-refractivity contribution in [3.05, 3.63) is 29.3 Å². The molecule has 0 saturated carbocycles. The van der Waals surface area contributed by atoms with Gasteiger partial charge in [0.05, 0.1) is 0 Å². The van der Waals surface area contributed by atoms with Gasteiger partial charge in [-0.3, -0.25) is 19.3 Å². The van der Waals surface area contributed by atoms with Crippen LogP contribution in [0.25, 0.3) is 0 Å². The quantitative estimate of drug-likeness (QED) is 0.605. The lowest BCUT2D eigenvalue weighted by Crippen LogP contribution is -2.53. The molecule has 106 valence electrons. The average Bonchev–Trinajstić information content (AvgIpc) is 2.42. The van der Waals surface area contributed by atoms with Gasteiger partial charge in [0.2, 0.25) is 5.91 Å². The fourth-order valence-corrected chi connectivity index (χ4v) is 2.19. The zero-order valence-electron chi connectivity index (χ0n) is 11.5. The van der Waals surface area contributed by atoms with Crippen LogP contribution >= 0.6 is 0 Å². The molecule has 0 radical (unpaired) electrons. The molecule has 1 heterocycles. The molecule has 0 aliphatic carbocycles. The monoisotopic (exact) mass is 275 g/mol. The zero-order valence-corrected chi connectivity index (χ0v) is 11.5. The highest BCUT2D eigenvalue weighted by molar-refractivity contribution is 6.04. The number of carbonyl (C=O) groups excluding carboxylic acids is 3. The highest BCUT2D eigenvalue weighted by atomic mass is 16.2. The van der Waals surface area contributed by atoms with Gasteiger partial charge in [0.25, 0.3) is 11.8 Å². The molecule has 0 spiro atoms. The molecule has 1 aromatic carbocycles. The Labute approximate surface area is 116 Å². The van der Waals surface area contributed by atoms with Crippen molar-refractivity contribution in [3.8, 4) is 0 Å². The summed E-state index contributed by atoms with van der Waals surface area (Å²) in [4.78, 5) is 36.6. The molecule has 20 heavy (non-hydrogen) atoms. The van der Waals surface area contributed by atoms with Gasteiger partial charge in [-0.2, -0.15) is 0 Å². The summed E-state index contributed by atoms with van der Waals surface area (Å²) >= 11 is 0. The molecule has 3 N–H and O–H groups in total. The fourth-order valence-electron chi connectivity index (χ4n) is 2.19. The van der Waals surface area contributed by atoms with Crippen molar-refractivity contribution in [3.63, 3.8) is 0 Å². The molecule has 2 rings (SSSR count). The van der Waals surface area contributed by atoms with Crippen LogP contribution in [0.1, 0.15) is 28.8 Å². The summed E-state index contributed by atoms with van der Waals surface area (Å²) in [7, 11) is 1.43. The zero-order chi connectivity index (χ0) is 14.9. The third-order valence-electron chi connectivity index (χ3n) is 3.58. The minimum Gasteiger partial charge on any atom is -0.398 e. The average molecular weight is 275 g/mol. The summed E-state index contributed by atoms with van der Waals surface area (Å²) in [6, 6.07) is 4.40. The molecule has 1 fully saturated rings. The molecule has 0 aromatic heterocycles. The number of carbonyl (C=O) groups is 3. The third-order valence-corrected chi connectivity index (χ3v) is 3.58. The van der Waals surface area contributed by atoms with Gasteiger partial charge in [0.15, 0.2) is 0 Å². The molecule has 1 unspecified atom stereocenters. The Morgan fingerprint density at radius 1 is 1.40 bits per heavy atom. The van der Waals surface area contributed by atoms with Crippen LogP contribution in [0, 0.1) is 6.92 Å². The number of anilines is 1. The van der Waals surface area contributed by atoms with E-state index in [9.17, 15) is 14.4 Å². The number of nitrogens with one attached hydrogen (secondary N) is 1. The standard InChI is InChI=1S/C14H17N3O3/c1-8-9(4-3-5-10(8)15)13(19)16-11-6-7-12(18)17(2)14(11)20/h3-5,11H,6-7,15H2,1-2H3,(H,16,19). The maximum atomic E-state index is 12.2. The van der Waals surface area contributed by atoms with Gasteiger partial charge in [-0.1, -0.05) is 6.07 Å². The van der Waals surface area contributed by atoms with E-state index < -0.39 is 6.04 Å². The van der Waals surface area contributed by atoms with Gasteiger partial charge in [-0.25, -0.2) is 0 Å². The van der Waals surface area contributed by atoms with Gasteiger partial charge in [-0.15, -0.1) is 0 Å². The SMILES string of the molecule is Cc1c(N)cccc1C(=O)NC1CCC(=O)N(C)C1=O. The van der Waals surface area contributed by atoms with Crippen LogP contribution in [0.4, 0.5) is 5.69 Å². The largest absolute Gasteiger partial charge is 0.398 e. The number of likely N-dealkylation sites (N-methyl/N-ethyl adjacent to an activating group) is 1. The normalized spacial score (nSPS) is 19.1. The van der Waals surface area contributed by atoms with Crippen LogP contribution < -0.4 is 11.1 Å². The van der Waals surface area contributed by atoms with E-state index in [2.05, 4.69) is 5.32 Å². The Morgan fingerprint density at radius 3 is 2.80 bits per heavy atom. The molecular formula is C14H17N3O3. The van der Waals surface area contributed by atoms with Crippen molar-refractivity contribution >= 4 is 23.4 Å². The smallest absolute Gasteiger partial charge is 0.252 e. The van der Waals surface area contributed by atoms with E-state index in [0.717, 1.165) is 4.90 Å². The Morgan fingerprint density at radius 2 is 2.10 bits per heavy atom. The van der Waals surface area contributed by atoms with E-state index >= 15 is 0 Å². The third kappa shape index (κ3) is 2.49. The first-order valence-electron chi connectivity index (χ1n) is 6.38. The van der Waals surface area contributed by atoms with Crippen LogP contribution in [-0.2, 0) is 9.59 Å². The molecule has 1 saturated heterocycles.